The molecule has 0 aliphatic heterocycles. The van der Waals surface area contributed by atoms with Crippen molar-refractivity contribution in [1.82, 2.24) is 0 Å². The van der Waals surface area contributed by atoms with Crippen LogP contribution in [0.1, 0.15) is 11.1 Å². The summed E-state index contributed by atoms with van der Waals surface area (Å²) >= 11 is 0. The molecule has 1 N–H and O–H groups in total. The van der Waals surface area contributed by atoms with Crippen LogP contribution in [0.4, 0.5) is 10.1 Å². The van der Waals surface area contributed by atoms with Crippen LogP contribution in [0.5, 0.6) is 0 Å². The predicted octanol–water partition coefficient (Wildman–Crippen LogP) is 2.95. The van der Waals surface area contributed by atoms with Gasteiger partial charge in [-0.2, -0.15) is 0 Å². The third-order valence-electron chi connectivity index (χ3n) is 3.91. The number of hydrogen-bond acceptors (Lipinski definition) is 3. The number of anilines is 1. The molecule has 0 atom stereocenters. The summed E-state index contributed by atoms with van der Waals surface area (Å²) in [6, 6.07) is 14.0. The van der Waals surface area contributed by atoms with Gasteiger partial charge in [-0.05, 0) is 35.4 Å². The van der Waals surface area contributed by atoms with Crippen LogP contribution in [0.25, 0.3) is 0 Å². The summed E-state index contributed by atoms with van der Waals surface area (Å²) in [5.41, 5.74) is 2.15. The lowest BCUT2D eigenvalue weighted by molar-refractivity contribution is -0.145. The molecule has 0 saturated carbocycles. The molecule has 1 aliphatic rings. The number of methoxy groups -OCH3 is 1. The molecule has 0 heterocycles. The molecule has 0 aromatic heterocycles. The van der Waals surface area contributed by atoms with Gasteiger partial charge in [-0.25, -0.2) is 9.18 Å². The Balaban J connectivity index is 1.93. The van der Waals surface area contributed by atoms with Gasteiger partial charge in [0.05, 0.1) is 7.11 Å². The number of benzene rings is 2. The lowest BCUT2D eigenvalue weighted by Crippen LogP contribution is -2.48. The zero-order chi connectivity index (χ0) is 14.9. The summed E-state index contributed by atoms with van der Waals surface area (Å²) < 4.78 is 18.0. The van der Waals surface area contributed by atoms with Gasteiger partial charge in [0.25, 0.3) is 0 Å². The van der Waals surface area contributed by atoms with Crippen LogP contribution in [0.2, 0.25) is 0 Å². The van der Waals surface area contributed by atoms with Crippen LogP contribution in [-0.2, 0) is 22.4 Å². The number of hydrogen-bond donors (Lipinski definition) is 1. The van der Waals surface area contributed by atoms with Gasteiger partial charge in [0, 0.05) is 18.5 Å². The van der Waals surface area contributed by atoms with Gasteiger partial charge in [-0.1, -0.05) is 24.3 Å². The fourth-order valence-corrected chi connectivity index (χ4v) is 2.90. The van der Waals surface area contributed by atoms with Crippen molar-refractivity contribution in [3.8, 4) is 0 Å². The van der Waals surface area contributed by atoms with Gasteiger partial charge >= 0.3 is 5.97 Å². The number of halogens is 1. The van der Waals surface area contributed by atoms with Crippen molar-refractivity contribution in [2.45, 2.75) is 18.4 Å². The zero-order valence-corrected chi connectivity index (χ0v) is 11.7. The monoisotopic (exact) mass is 285 g/mol. The van der Waals surface area contributed by atoms with Gasteiger partial charge < -0.3 is 10.1 Å². The normalized spacial score (nSPS) is 15.3. The van der Waals surface area contributed by atoms with E-state index in [1.54, 1.807) is 12.1 Å². The van der Waals surface area contributed by atoms with Crippen molar-refractivity contribution in [2.24, 2.45) is 0 Å². The van der Waals surface area contributed by atoms with Crippen molar-refractivity contribution < 1.29 is 13.9 Å². The molecule has 4 heteroatoms. The topological polar surface area (TPSA) is 38.3 Å². The van der Waals surface area contributed by atoms with Gasteiger partial charge in [-0.3, -0.25) is 0 Å². The molecule has 108 valence electrons. The highest BCUT2D eigenvalue weighted by Gasteiger charge is 2.44. The predicted molar refractivity (Wildman–Crippen MR) is 78.6 cm³/mol. The van der Waals surface area contributed by atoms with Gasteiger partial charge in [0.2, 0.25) is 0 Å². The smallest absolute Gasteiger partial charge is 0.332 e. The Morgan fingerprint density at radius 1 is 1.10 bits per heavy atom. The van der Waals surface area contributed by atoms with Gasteiger partial charge in [-0.15, -0.1) is 0 Å². The third kappa shape index (κ3) is 2.49. The molecule has 0 radical (unpaired) electrons. The van der Waals surface area contributed by atoms with E-state index in [0.29, 0.717) is 18.5 Å². The maximum atomic E-state index is 13.0. The minimum absolute atomic E-state index is 0.303. The second kappa shape index (κ2) is 5.20. The van der Waals surface area contributed by atoms with Crippen molar-refractivity contribution in [3.63, 3.8) is 0 Å². The average Bonchev–Trinajstić information content (AvgIpc) is 2.88. The number of esters is 1. The molecule has 0 bridgehead atoms. The Bertz CT molecular complexity index is 642. The number of rotatable bonds is 3. The molecule has 0 fully saturated rings. The molecular formula is C17H16FNO2. The summed E-state index contributed by atoms with van der Waals surface area (Å²) in [5, 5.41) is 3.24. The highest BCUT2D eigenvalue weighted by molar-refractivity contribution is 5.86. The molecule has 3 rings (SSSR count). The molecule has 2 aromatic rings. The quantitative estimate of drug-likeness (QED) is 0.881. The Labute approximate surface area is 122 Å². The number of nitrogens with one attached hydrogen (secondary N) is 1. The van der Waals surface area contributed by atoms with Crippen molar-refractivity contribution in [2.75, 3.05) is 12.4 Å². The van der Waals surface area contributed by atoms with E-state index < -0.39 is 5.54 Å². The first-order chi connectivity index (χ1) is 10.1. The maximum Gasteiger partial charge on any atom is 0.332 e. The first-order valence-corrected chi connectivity index (χ1v) is 6.82. The van der Waals surface area contributed by atoms with Gasteiger partial charge in [0.1, 0.15) is 11.4 Å². The molecule has 2 aromatic carbocycles. The minimum atomic E-state index is -0.823. The van der Waals surface area contributed by atoms with Crippen LogP contribution in [-0.4, -0.2) is 18.6 Å². The summed E-state index contributed by atoms with van der Waals surface area (Å²) in [6.07, 6.45) is 1.13. The Morgan fingerprint density at radius 3 is 2.19 bits per heavy atom. The highest BCUT2D eigenvalue weighted by atomic mass is 19.1. The third-order valence-corrected chi connectivity index (χ3v) is 3.91. The molecular weight excluding hydrogens is 269 g/mol. The Kier molecular flexibility index (Phi) is 3.37. The summed E-state index contributed by atoms with van der Waals surface area (Å²) in [6.45, 7) is 0. The number of carbonyl (C=O) groups excluding carboxylic acids is 1. The molecule has 21 heavy (non-hydrogen) atoms. The highest BCUT2D eigenvalue weighted by Crippen LogP contribution is 2.34. The molecule has 0 amide bonds. The molecule has 1 aliphatic carbocycles. The van der Waals surface area contributed by atoms with E-state index in [1.165, 1.54) is 19.2 Å². The number of fused-ring (bicyclic) bond motifs is 1. The molecule has 3 nitrogen and oxygen atoms in total. The first-order valence-electron chi connectivity index (χ1n) is 6.82. The van der Waals surface area contributed by atoms with E-state index >= 15 is 0 Å². The van der Waals surface area contributed by atoms with Crippen LogP contribution >= 0.6 is 0 Å². The Morgan fingerprint density at radius 2 is 1.67 bits per heavy atom. The number of ether oxygens (including phenoxy) is 1. The van der Waals surface area contributed by atoms with Crippen LogP contribution in [0.15, 0.2) is 48.5 Å². The van der Waals surface area contributed by atoms with Crippen molar-refractivity contribution >= 4 is 11.7 Å². The molecule has 0 spiro atoms. The molecule has 0 unspecified atom stereocenters. The summed E-state index contributed by atoms with van der Waals surface area (Å²) in [7, 11) is 1.39. The lowest BCUT2D eigenvalue weighted by Gasteiger charge is -2.28. The van der Waals surface area contributed by atoms with E-state index in [1.807, 2.05) is 24.3 Å². The van der Waals surface area contributed by atoms with E-state index in [0.717, 1.165) is 11.1 Å². The second-order valence-corrected chi connectivity index (χ2v) is 5.33. The van der Waals surface area contributed by atoms with Crippen LogP contribution in [0, 0.1) is 5.82 Å². The maximum absolute atomic E-state index is 13.0. The standard InChI is InChI=1S/C17H16FNO2/c1-21-16(20)17(19-15-8-6-14(18)7-9-15)10-12-4-2-3-5-13(12)11-17/h2-9,19H,10-11H2,1H3. The van der Waals surface area contributed by atoms with E-state index in [9.17, 15) is 9.18 Å². The van der Waals surface area contributed by atoms with Crippen molar-refractivity contribution in [3.05, 3.63) is 65.5 Å². The fraction of sp³-hybridized carbons (Fsp3) is 0.235. The van der Waals surface area contributed by atoms with E-state index in [4.69, 9.17) is 4.74 Å². The lowest BCUT2D eigenvalue weighted by atomic mass is 9.95. The van der Waals surface area contributed by atoms with Crippen LogP contribution in [0.3, 0.4) is 0 Å². The van der Waals surface area contributed by atoms with Crippen LogP contribution < -0.4 is 5.32 Å². The molecule has 0 saturated heterocycles. The fourth-order valence-electron chi connectivity index (χ4n) is 2.90. The second-order valence-electron chi connectivity index (χ2n) is 5.33. The average molecular weight is 285 g/mol. The first kappa shape index (κ1) is 13.6. The number of carbonyl (C=O) groups is 1. The van der Waals surface area contributed by atoms with E-state index in [2.05, 4.69) is 5.32 Å². The Hall–Kier alpha value is -2.36. The zero-order valence-electron chi connectivity index (χ0n) is 11.7. The van der Waals surface area contributed by atoms with E-state index in [-0.39, 0.29) is 11.8 Å². The van der Waals surface area contributed by atoms with Gasteiger partial charge in [0.15, 0.2) is 0 Å². The largest absolute Gasteiger partial charge is 0.467 e. The minimum Gasteiger partial charge on any atom is -0.467 e. The SMILES string of the molecule is COC(=O)C1(Nc2ccc(F)cc2)Cc2ccccc2C1. The van der Waals surface area contributed by atoms with Crippen molar-refractivity contribution in [1.29, 1.82) is 0 Å². The summed E-state index contributed by atoms with van der Waals surface area (Å²) in [4.78, 5) is 12.3. The summed E-state index contributed by atoms with van der Waals surface area (Å²) in [5.74, 6) is -0.606.